The third-order valence-electron chi connectivity index (χ3n) is 1.90. The summed E-state index contributed by atoms with van der Waals surface area (Å²) in [5, 5.41) is 0. The second-order valence-electron chi connectivity index (χ2n) is 3.28. The average molecular weight is 283 g/mol. The van der Waals surface area contributed by atoms with Crippen LogP contribution in [-0.2, 0) is 24.7 Å². The molecule has 12 heavy (non-hydrogen) atoms. The van der Waals surface area contributed by atoms with Crippen LogP contribution in [0.4, 0.5) is 0 Å². The third-order valence-corrected chi connectivity index (χ3v) is 3.08. The normalized spacial score (nSPS) is 21.0. The molecule has 0 bridgehead atoms. The molecule has 0 fully saturated rings. The quantitative estimate of drug-likeness (QED) is 0.472. The zero-order valence-electron chi connectivity index (χ0n) is 7.57. The van der Waals surface area contributed by atoms with Crippen molar-refractivity contribution >= 4 is 0 Å². The van der Waals surface area contributed by atoms with Crippen LogP contribution in [0.2, 0.25) is 0 Å². The van der Waals surface area contributed by atoms with Crippen LogP contribution in [0.5, 0.6) is 0 Å². The van der Waals surface area contributed by atoms with Crippen LogP contribution in [0.25, 0.3) is 0 Å². The van der Waals surface area contributed by atoms with Gasteiger partial charge in [0, 0.05) is 0 Å². The van der Waals surface area contributed by atoms with E-state index in [2.05, 4.69) is 32.9 Å². The summed E-state index contributed by atoms with van der Waals surface area (Å²) in [6.07, 6.45) is 4.71. The Bertz CT molecular complexity index is 195. The molecule has 1 rings (SSSR count). The minimum absolute atomic E-state index is 0. The summed E-state index contributed by atoms with van der Waals surface area (Å²) in [7, 11) is 0. The molecule has 0 aromatic carbocycles. The molecular formula is C9H13Cl2Zr. The Morgan fingerprint density at radius 2 is 1.83 bits per heavy atom. The molecule has 0 N–H and O–H groups in total. The fraction of sp³-hybridized carbons (Fsp3) is 0.556. The van der Waals surface area contributed by atoms with Gasteiger partial charge in [-0.25, -0.2) is 0 Å². The summed E-state index contributed by atoms with van der Waals surface area (Å²) < 4.78 is 1.61. The van der Waals surface area contributed by atoms with Crippen molar-refractivity contribution in [1.29, 1.82) is 0 Å². The van der Waals surface area contributed by atoms with Gasteiger partial charge in [-0.2, -0.15) is 0 Å². The summed E-state index contributed by atoms with van der Waals surface area (Å²) in [4.78, 5) is 0. The Labute approximate surface area is 103 Å². The van der Waals surface area contributed by atoms with E-state index in [1.807, 2.05) is 0 Å². The van der Waals surface area contributed by atoms with Gasteiger partial charge >= 0.3 is 78.3 Å². The van der Waals surface area contributed by atoms with Crippen molar-refractivity contribution in [2.24, 2.45) is 11.8 Å². The maximum absolute atomic E-state index is 2.38. The van der Waals surface area contributed by atoms with Gasteiger partial charge in [-0.15, -0.1) is 0 Å². The fourth-order valence-corrected chi connectivity index (χ4v) is 2.90. The van der Waals surface area contributed by atoms with E-state index >= 15 is 0 Å². The Hall–Kier alpha value is 0.943. The van der Waals surface area contributed by atoms with Gasteiger partial charge in [0.05, 0.1) is 0 Å². The Morgan fingerprint density at radius 3 is 2.00 bits per heavy atom. The number of hydrogen-bond donors (Lipinski definition) is 0. The van der Waals surface area contributed by atoms with E-state index in [0.717, 1.165) is 11.8 Å². The molecule has 1 unspecified atom stereocenters. The molecule has 0 radical (unpaired) electrons. The van der Waals surface area contributed by atoms with Crippen molar-refractivity contribution in [1.82, 2.24) is 0 Å². The maximum atomic E-state index is 2.38. The van der Waals surface area contributed by atoms with Gasteiger partial charge in [0.1, 0.15) is 0 Å². The standard InChI is InChI=1S/C9H13.2ClH.Zr/c1-7(2)9-5-4-8(3)6-9;;;/h4,6-7,9H,1-3H3;2*1H;/q;;;+2/p-2. The molecule has 1 aliphatic rings. The monoisotopic (exact) mass is 281 g/mol. The number of rotatable bonds is 1. The molecule has 0 amide bonds. The molecule has 0 heterocycles. The van der Waals surface area contributed by atoms with Crippen LogP contribution in [-0.4, -0.2) is 0 Å². The van der Waals surface area contributed by atoms with Crippen LogP contribution in [0.15, 0.2) is 21.0 Å². The summed E-state index contributed by atoms with van der Waals surface area (Å²) in [6, 6.07) is 0. The van der Waals surface area contributed by atoms with Crippen molar-refractivity contribution in [3.63, 3.8) is 0 Å². The smallest absolute Gasteiger partial charge is 1.00 e. The Morgan fingerprint density at radius 1 is 1.33 bits per heavy atom. The van der Waals surface area contributed by atoms with Gasteiger partial charge in [-0.05, 0) is 0 Å². The summed E-state index contributed by atoms with van der Waals surface area (Å²) in [6.45, 7) is 6.77. The van der Waals surface area contributed by atoms with E-state index in [-0.39, 0.29) is 24.8 Å². The van der Waals surface area contributed by atoms with Crippen molar-refractivity contribution in [3.05, 3.63) is 21.0 Å². The van der Waals surface area contributed by atoms with E-state index in [0.29, 0.717) is 0 Å². The summed E-state index contributed by atoms with van der Waals surface area (Å²) in [5.41, 5.74) is 1.45. The van der Waals surface area contributed by atoms with Gasteiger partial charge in [0.2, 0.25) is 0 Å². The molecule has 0 saturated heterocycles. The van der Waals surface area contributed by atoms with E-state index < -0.39 is 0 Å². The second kappa shape index (κ2) is 6.40. The van der Waals surface area contributed by atoms with E-state index in [4.69, 9.17) is 0 Å². The Balaban J connectivity index is 0. The van der Waals surface area contributed by atoms with Gasteiger partial charge in [-0.1, -0.05) is 0 Å². The molecule has 1 aliphatic carbocycles. The van der Waals surface area contributed by atoms with E-state index in [1.165, 1.54) is 5.57 Å². The van der Waals surface area contributed by atoms with Crippen molar-refractivity contribution in [2.45, 2.75) is 20.8 Å². The zero-order chi connectivity index (χ0) is 7.72. The van der Waals surface area contributed by atoms with E-state index in [9.17, 15) is 0 Å². The van der Waals surface area contributed by atoms with Gasteiger partial charge < -0.3 is 24.8 Å². The summed E-state index contributed by atoms with van der Waals surface area (Å²) in [5.74, 6) is 1.53. The maximum Gasteiger partial charge on any atom is -1.00 e. The van der Waals surface area contributed by atoms with Crippen LogP contribution < -0.4 is 24.8 Å². The first-order valence-electron chi connectivity index (χ1n) is 3.73. The van der Waals surface area contributed by atoms with Crippen LogP contribution >= 0.6 is 0 Å². The first kappa shape index (κ1) is 15.4. The largest absolute Gasteiger partial charge is 1.00 e. The molecule has 0 aliphatic heterocycles. The van der Waals surface area contributed by atoms with Gasteiger partial charge in [-0.3, -0.25) is 0 Å². The molecule has 0 spiro atoms. The topological polar surface area (TPSA) is 0 Å². The second-order valence-corrected chi connectivity index (χ2v) is 4.70. The predicted molar refractivity (Wildman–Crippen MR) is 40.2 cm³/mol. The molecule has 1 atom stereocenters. The van der Waals surface area contributed by atoms with Crippen molar-refractivity contribution in [2.75, 3.05) is 0 Å². The van der Waals surface area contributed by atoms with Crippen LogP contribution in [0.1, 0.15) is 20.8 Å². The number of halogens is 2. The molecule has 0 aromatic rings. The SMILES string of the molecule is CC1=CC(C(C)C)[C]([Zr+2])=C1.[Cl-].[Cl-]. The molecular weight excluding hydrogens is 270 g/mol. The first-order valence-corrected chi connectivity index (χ1v) is 4.96. The zero-order valence-corrected chi connectivity index (χ0v) is 11.5. The molecule has 0 aromatic heterocycles. The van der Waals surface area contributed by atoms with Crippen molar-refractivity contribution in [3.8, 4) is 0 Å². The molecule has 0 saturated carbocycles. The minimum Gasteiger partial charge on any atom is -1.00 e. The predicted octanol–water partition coefficient (Wildman–Crippen LogP) is -3.34. The Kier molecular flexibility index (Phi) is 8.23. The van der Waals surface area contributed by atoms with Crippen molar-refractivity contribution < 1.29 is 49.5 Å². The number of allylic oxidation sites excluding steroid dienone is 4. The first-order chi connectivity index (χ1) is 4.61. The molecule has 67 valence electrons. The van der Waals surface area contributed by atoms with E-state index in [1.54, 1.807) is 28.0 Å². The summed E-state index contributed by atoms with van der Waals surface area (Å²) >= 11 is 1.58. The third kappa shape index (κ3) is 3.77. The van der Waals surface area contributed by atoms with Crippen LogP contribution in [0, 0.1) is 11.8 Å². The van der Waals surface area contributed by atoms with Gasteiger partial charge in [0.25, 0.3) is 0 Å². The van der Waals surface area contributed by atoms with Crippen LogP contribution in [0.3, 0.4) is 0 Å². The minimum atomic E-state index is 0. The average Bonchev–Trinajstić information content (AvgIpc) is 2.10. The molecule has 3 heteroatoms. The molecule has 0 nitrogen and oxygen atoms in total. The number of hydrogen-bond acceptors (Lipinski definition) is 0. The van der Waals surface area contributed by atoms with Gasteiger partial charge in [0.15, 0.2) is 0 Å². The fourth-order valence-electron chi connectivity index (χ4n) is 1.31.